The maximum atomic E-state index is 12.2. The highest BCUT2D eigenvalue weighted by Crippen LogP contribution is 2.11. The first-order chi connectivity index (χ1) is 8.84. The van der Waals surface area contributed by atoms with Crippen LogP contribution in [0.3, 0.4) is 0 Å². The maximum Gasteiger partial charge on any atom is 0.255 e. The fraction of sp³-hybridized carbons (Fsp3) is 0.385. The van der Waals surface area contributed by atoms with Gasteiger partial charge in [-0.05, 0) is 31.5 Å². The molecule has 2 N–H and O–H groups in total. The van der Waals surface area contributed by atoms with Gasteiger partial charge in [0, 0.05) is 18.8 Å². The molecule has 0 saturated carbocycles. The lowest BCUT2D eigenvalue weighted by atomic mass is 10.1. The summed E-state index contributed by atoms with van der Waals surface area (Å²) in [4.78, 5) is 12.2. The van der Waals surface area contributed by atoms with Gasteiger partial charge in [0.2, 0.25) is 0 Å². The van der Waals surface area contributed by atoms with Gasteiger partial charge in [-0.15, -0.1) is 0 Å². The number of piperidine rings is 1. The molecule has 1 atom stereocenters. The number of fused-ring (bicyclic) bond motifs is 1. The smallest absolute Gasteiger partial charge is 0.255 e. The van der Waals surface area contributed by atoms with Crippen molar-refractivity contribution < 1.29 is 4.79 Å². The molecule has 0 aromatic carbocycles. The Morgan fingerprint density at radius 1 is 1.50 bits per heavy atom. The third kappa shape index (κ3) is 2.09. The maximum absolute atomic E-state index is 12.2. The van der Waals surface area contributed by atoms with E-state index in [0.29, 0.717) is 5.56 Å². The van der Waals surface area contributed by atoms with Gasteiger partial charge in [-0.25, -0.2) is 4.52 Å². The van der Waals surface area contributed by atoms with E-state index in [1.54, 1.807) is 10.7 Å². The molecule has 0 radical (unpaired) electrons. The SMILES string of the molecule is O=C(N[C@H]1CCCNC1)c1cnn2ccccc12. The molecule has 0 aliphatic carbocycles. The highest BCUT2D eigenvalue weighted by Gasteiger charge is 2.18. The molecule has 1 fully saturated rings. The lowest BCUT2D eigenvalue weighted by Crippen LogP contribution is -2.45. The Bertz CT molecular complexity index is 557. The van der Waals surface area contributed by atoms with Crippen molar-refractivity contribution in [3.63, 3.8) is 0 Å². The van der Waals surface area contributed by atoms with Crippen LogP contribution in [0.15, 0.2) is 30.6 Å². The molecule has 2 aromatic rings. The Morgan fingerprint density at radius 3 is 3.28 bits per heavy atom. The predicted octanol–water partition coefficient (Wildman–Crippen LogP) is 0.816. The summed E-state index contributed by atoms with van der Waals surface area (Å²) < 4.78 is 1.72. The number of carbonyl (C=O) groups excluding carboxylic acids is 1. The van der Waals surface area contributed by atoms with Crippen LogP contribution in [-0.4, -0.2) is 34.7 Å². The van der Waals surface area contributed by atoms with Crippen molar-refractivity contribution in [3.05, 3.63) is 36.2 Å². The zero-order valence-corrected chi connectivity index (χ0v) is 10.1. The molecule has 5 nitrogen and oxygen atoms in total. The normalized spacial score (nSPS) is 19.9. The molecule has 1 amide bonds. The van der Waals surface area contributed by atoms with Crippen LogP contribution in [0.1, 0.15) is 23.2 Å². The van der Waals surface area contributed by atoms with Gasteiger partial charge in [0.1, 0.15) is 0 Å². The van der Waals surface area contributed by atoms with E-state index < -0.39 is 0 Å². The quantitative estimate of drug-likeness (QED) is 0.822. The van der Waals surface area contributed by atoms with E-state index >= 15 is 0 Å². The summed E-state index contributed by atoms with van der Waals surface area (Å²) in [6, 6.07) is 5.94. The van der Waals surface area contributed by atoms with Crippen LogP contribution in [0, 0.1) is 0 Å². The van der Waals surface area contributed by atoms with E-state index in [4.69, 9.17) is 0 Å². The summed E-state index contributed by atoms with van der Waals surface area (Å²) in [7, 11) is 0. The van der Waals surface area contributed by atoms with E-state index in [-0.39, 0.29) is 11.9 Å². The van der Waals surface area contributed by atoms with Crippen molar-refractivity contribution in [2.24, 2.45) is 0 Å². The third-order valence-electron chi connectivity index (χ3n) is 3.30. The van der Waals surface area contributed by atoms with E-state index in [1.807, 2.05) is 24.4 Å². The van der Waals surface area contributed by atoms with Gasteiger partial charge in [-0.3, -0.25) is 4.79 Å². The number of aromatic nitrogens is 2. The van der Waals surface area contributed by atoms with Crippen LogP contribution >= 0.6 is 0 Å². The summed E-state index contributed by atoms with van der Waals surface area (Å²) in [6.07, 6.45) is 5.62. The zero-order chi connectivity index (χ0) is 12.4. The van der Waals surface area contributed by atoms with E-state index in [1.165, 1.54) is 0 Å². The Morgan fingerprint density at radius 2 is 2.44 bits per heavy atom. The second-order valence-electron chi connectivity index (χ2n) is 4.61. The van der Waals surface area contributed by atoms with Crippen LogP contribution in [0.5, 0.6) is 0 Å². The summed E-state index contributed by atoms with van der Waals surface area (Å²) >= 11 is 0. The minimum absolute atomic E-state index is 0.0371. The molecule has 5 heteroatoms. The van der Waals surface area contributed by atoms with Gasteiger partial charge in [-0.2, -0.15) is 5.10 Å². The second kappa shape index (κ2) is 4.78. The summed E-state index contributed by atoms with van der Waals surface area (Å²) in [6.45, 7) is 1.90. The van der Waals surface area contributed by atoms with Crippen LogP contribution in [0.4, 0.5) is 0 Å². The molecule has 1 aliphatic rings. The number of nitrogens with zero attached hydrogens (tertiary/aromatic N) is 2. The number of rotatable bonds is 2. The molecule has 1 saturated heterocycles. The molecule has 0 spiro atoms. The number of pyridine rings is 1. The van der Waals surface area contributed by atoms with Crippen LogP contribution in [-0.2, 0) is 0 Å². The van der Waals surface area contributed by atoms with Gasteiger partial charge in [-0.1, -0.05) is 6.07 Å². The Kier molecular flexibility index (Phi) is 2.98. The monoisotopic (exact) mass is 244 g/mol. The van der Waals surface area contributed by atoms with Crippen molar-refractivity contribution in [3.8, 4) is 0 Å². The summed E-state index contributed by atoms with van der Waals surface area (Å²) in [5.41, 5.74) is 1.49. The molecule has 3 rings (SSSR count). The average molecular weight is 244 g/mol. The molecule has 1 aliphatic heterocycles. The van der Waals surface area contributed by atoms with Gasteiger partial charge in [0.15, 0.2) is 0 Å². The van der Waals surface area contributed by atoms with E-state index in [2.05, 4.69) is 15.7 Å². The number of carbonyl (C=O) groups is 1. The number of amides is 1. The lowest BCUT2D eigenvalue weighted by molar-refractivity contribution is 0.0932. The fourth-order valence-corrected chi connectivity index (χ4v) is 2.35. The minimum Gasteiger partial charge on any atom is -0.348 e. The van der Waals surface area contributed by atoms with Crippen LogP contribution in [0.2, 0.25) is 0 Å². The van der Waals surface area contributed by atoms with Gasteiger partial charge in [0.05, 0.1) is 17.3 Å². The van der Waals surface area contributed by atoms with Crippen molar-refractivity contribution in [1.82, 2.24) is 20.2 Å². The molecular formula is C13H16N4O. The Labute approximate surface area is 105 Å². The first kappa shape index (κ1) is 11.2. The van der Waals surface area contributed by atoms with E-state index in [9.17, 15) is 4.79 Å². The topological polar surface area (TPSA) is 58.4 Å². The molecule has 2 aromatic heterocycles. The Balaban J connectivity index is 1.79. The first-order valence-electron chi connectivity index (χ1n) is 6.28. The number of nitrogens with one attached hydrogen (secondary N) is 2. The van der Waals surface area contributed by atoms with Crippen LogP contribution in [0.25, 0.3) is 5.52 Å². The number of hydrogen-bond acceptors (Lipinski definition) is 3. The van der Waals surface area contributed by atoms with E-state index in [0.717, 1.165) is 31.4 Å². The number of hydrogen-bond donors (Lipinski definition) is 2. The molecule has 94 valence electrons. The highest BCUT2D eigenvalue weighted by molar-refractivity contribution is 6.00. The van der Waals surface area contributed by atoms with Crippen LogP contribution < -0.4 is 10.6 Å². The predicted molar refractivity (Wildman–Crippen MR) is 68.5 cm³/mol. The summed E-state index contributed by atoms with van der Waals surface area (Å²) in [5.74, 6) is -0.0371. The minimum atomic E-state index is -0.0371. The fourth-order valence-electron chi connectivity index (χ4n) is 2.35. The molecule has 0 bridgehead atoms. The van der Waals surface area contributed by atoms with Gasteiger partial charge in [0.25, 0.3) is 5.91 Å². The zero-order valence-electron chi connectivity index (χ0n) is 10.1. The molecular weight excluding hydrogens is 228 g/mol. The highest BCUT2D eigenvalue weighted by atomic mass is 16.1. The third-order valence-corrected chi connectivity index (χ3v) is 3.30. The van der Waals surface area contributed by atoms with Crippen molar-refractivity contribution in [2.75, 3.05) is 13.1 Å². The second-order valence-corrected chi connectivity index (χ2v) is 4.61. The lowest BCUT2D eigenvalue weighted by Gasteiger charge is -2.23. The van der Waals surface area contributed by atoms with Gasteiger partial charge < -0.3 is 10.6 Å². The molecule has 18 heavy (non-hydrogen) atoms. The van der Waals surface area contributed by atoms with Crippen molar-refractivity contribution >= 4 is 11.4 Å². The Hall–Kier alpha value is -1.88. The average Bonchev–Trinajstić information content (AvgIpc) is 2.84. The van der Waals surface area contributed by atoms with Crippen molar-refractivity contribution in [1.29, 1.82) is 0 Å². The van der Waals surface area contributed by atoms with Gasteiger partial charge >= 0.3 is 0 Å². The molecule has 0 unspecified atom stereocenters. The largest absolute Gasteiger partial charge is 0.348 e. The standard InChI is InChI=1S/C13H16N4O/c18-13(16-10-4-3-6-14-8-10)11-9-15-17-7-2-1-5-12(11)17/h1-2,5,7,9-10,14H,3-4,6,8H2,(H,16,18)/t10-/m0/s1. The van der Waals surface area contributed by atoms with Crippen molar-refractivity contribution in [2.45, 2.75) is 18.9 Å². The molecule has 3 heterocycles. The first-order valence-corrected chi connectivity index (χ1v) is 6.28. The summed E-state index contributed by atoms with van der Waals surface area (Å²) in [5, 5.41) is 10.5.